The fourth-order valence-corrected chi connectivity index (χ4v) is 3.61. The monoisotopic (exact) mass is 534 g/mol. The summed E-state index contributed by atoms with van der Waals surface area (Å²) < 4.78 is 50.7. The highest BCUT2D eigenvalue weighted by Gasteiger charge is 2.65. The van der Waals surface area contributed by atoms with Crippen LogP contribution in [0.4, 0.5) is 13.2 Å². The molecular formula is C27H33F3N4O4. The Bertz CT molecular complexity index is 1110. The van der Waals surface area contributed by atoms with E-state index < -0.39 is 17.9 Å². The molecule has 0 aromatic heterocycles. The van der Waals surface area contributed by atoms with Gasteiger partial charge in [-0.2, -0.15) is 13.2 Å². The highest BCUT2D eigenvalue weighted by molar-refractivity contribution is 5.97. The largest absolute Gasteiger partial charge is 0.490 e. The van der Waals surface area contributed by atoms with Crippen molar-refractivity contribution < 1.29 is 32.5 Å². The maximum atomic E-state index is 13.2. The third-order valence-electron chi connectivity index (χ3n) is 5.85. The van der Waals surface area contributed by atoms with Crippen LogP contribution in [0.3, 0.4) is 0 Å². The van der Waals surface area contributed by atoms with Crippen LogP contribution in [0, 0.1) is 18.3 Å². The molecule has 1 amide bonds. The van der Waals surface area contributed by atoms with E-state index in [4.69, 9.17) is 15.9 Å². The van der Waals surface area contributed by atoms with E-state index in [0.717, 1.165) is 12.0 Å². The first kappa shape index (κ1) is 29.3. The Balaban J connectivity index is 1.51. The zero-order valence-corrected chi connectivity index (χ0v) is 21.3. The van der Waals surface area contributed by atoms with Crippen molar-refractivity contribution in [2.24, 2.45) is 5.92 Å². The molecule has 1 unspecified atom stereocenters. The third kappa shape index (κ3) is 7.85. The first-order valence-corrected chi connectivity index (χ1v) is 12.3. The molecule has 0 bridgehead atoms. The summed E-state index contributed by atoms with van der Waals surface area (Å²) in [5.74, 6) is 3.19. The van der Waals surface area contributed by atoms with Crippen LogP contribution in [-0.2, 0) is 12.2 Å². The van der Waals surface area contributed by atoms with E-state index in [1.807, 2.05) is 0 Å². The smallest absolute Gasteiger partial charge is 0.426 e. The first-order valence-electron chi connectivity index (χ1n) is 12.3. The van der Waals surface area contributed by atoms with Gasteiger partial charge in [0.1, 0.15) is 30.8 Å². The molecule has 2 aromatic carbocycles. The van der Waals surface area contributed by atoms with Crippen molar-refractivity contribution in [2.75, 3.05) is 26.3 Å². The van der Waals surface area contributed by atoms with Gasteiger partial charge >= 0.3 is 6.18 Å². The summed E-state index contributed by atoms with van der Waals surface area (Å²) in [6.45, 7) is 5.09. The maximum Gasteiger partial charge on any atom is 0.426 e. The molecule has 0 aliphatic carbocycles. The highest BCUT2D eigenvalue weighted by Crippen LogP contribution is 2.42. The zero-order chi connectivity index (χ0) is 27.8. The molecule has 1 heterocycles. The Hall–Kier alpha value is -3.30. The van der Waals surface area contributed by atoms with Crippen LogP contribution in [0.25, 0.3) is 0 Å². The summed E-state index contributed by atoms with van der Waals surface area (Å²) in [5, 5.41) is 16.3. The topological polar surface area (TPSA) is 124 Å². The van der Waals surface area contributed by atoms with E-state index >= 15 is 0 Å². The molecule has 1 saturated heterocycles. The highest BCUT2D eigenvalue weighted by atomic mass is 19.4. The normalized spacial score (nSPS) is 15.0. The van der Waals surface area contributed by atoms with Crippen molar-refractivity contribution in [3.8, 4) is 23.8 Å². The summed E-state index contributed by atoms with van der Waals surface area (Å²) in [4.78, 5) is 12.8. The Morgan fingerprint density at radius 2 is 1.87 bits per heavy atom. The number of halogens is 3. The summed E-state index contributed by atoms with van der Waals surface area (Å²) in [6.07, 6.45) is 0.695. The molecule has 1 aliphatic heterocycles. The molecule has 0 radical (unpaired) electrons. The Labute approximate surface area is 220 Å². The first-order chi connectivity index (χ1) is 18.1. The minimum atomic E-state index is -4.46. The van der Waals surface area contributed by atoms with Gasteiger partial charge in [-0.05, 0) is 41.7 Å². The SMILES string of the molecule is C#CCOc1ccc(OCC(O)CNCc2ccc(C3(C(F)(F)F)NN3)cc2)c(C(=O)NCCC(C)C)c1. The molecule has 0 spiro atoms. The summed E-state index contributed by atoms with van der Waals surface area (Å²) in [5.41, 5.74) is 3.23. The molecule has 1 atom stereocenters. The number of aliphatic hydroxyl groups excluding tert-OH is 1. The number of carbonyl (C=O) groups is 1. The molecular weight excluding hydrogens is 501 g/mol. The number of carbonyl (C=O) groups excluding carboxylic acids is 1. The van der Waals surface area contributed by atoms with Crippen LogP contribution >= 0.6 is 0 Å². The van der Waals surface area contributed by atoms with E-state index in [-0.39, 0.29) is 42.5 Å². The summed E-state index contributed by atoms with van der Waals surface area (Å²) in [7, 11) is 0. The van der Waals surface area contributed by atoms with E-state index in [9.17, 15) is 23.1 Å². The van der Waals surface area contributed by atoms with Crippen LogP contribution in [-0.4, -0.2) is 49.6 Å². The van der Waals surface area contributed by atoms with Gasteiger partial charge in [-0.3, -0.25) is 4.79 Å². The Morgan fingerprint density at radius 3 is 2.47 bits per heavy atom. The minimum Gasteiger partial charge on any atom is -0.490 e. The van der Waals surface area contributed by atoms with Crippen molar-refractivity contribution in [3.05, 3.63) is 59.2 Å². The van der Waals surface area contributed by atoms with Gasteiger partial charge in [0.25, 0.3) is 5.91 Å². The number of terminal acetylenes is 1. The lowest BCUT2D eigenvalue weighted by atomic mass is 10.0. The standard InChI is InChI=1S/C27H33F3N4O4/c1-4-13-37-22-9-10-24(23(14-22)25(36)32-12-11-18(2)3)38-17-21(35)16-31-15-19-5-7-20(8-6-19)26(33-34-26)27(28,29)30/h1,5-10,14,18,21,31,33-35H,11-13,15-17H2,2-3H3,(H,32,36). The minimum absolute atomic E-state index is 0.0543. The van der Waals surface area contributed by atoms with Crippen LogP contribution in [0.1, 0.15) is 41.8 Å². The fourth-order valence-electron chi connectivity index (χ4n) is 3.61. The van der Waals surface area contributed by atoms with Gasteiger partial charge in [0.05, 0.1) is 5.56 Å². The Morgan fingerprint density at radius 1 is 1.16 bits per heavy atom. The molecule has 5 N–H and O–H groups in total. The predicted molar refractivity (Wildman–Crippen MR) is 136 cm³/mol. The van der Waals surface area contributed by atoms with Crippen molar-refractivity contribution in [1.29, 1.82) is 0 Å². The molecule has 1 aliphatic rings. The number of aliphatic hydroxyl groups is 1. The Kier molecular flexibility index (Phi) is 9.99. The van der Waals surface area contributed by atoms with Crippen molar-refractivity contribution >= 4 is 5.91 Å². The number of nitrogens with one attached hydrogen (secondary N) is 4. The lowest BCUT2D eigenvalue weighted by molar-refractivity contribution is -0.165. The number of hydrazine groups is 1. The summed E-state index contributed by atoms with van der Waals surface area (Å²) in [6, 6.07) is 10.7. The third-order valence-corrected chi connectivity index (χ3v) is 5.85. The quantitative estimate of drug-likeness (QED) is 0.187. The molecule has 3 rings (SSSR count). The lowest BCUT2D eigenvalue weighted by Gasteiger charge is -2.17. The molecule has 11 heteroatoms. The lowest BCUT2D eigenvalue weighted by Crippen LogP contribution is -2.34. The molecule has 1 fully saturated rings. The van der Waals surface area contributed by atoms with E-state index in [0.29, 0.717) is 24.8 Å². The fraction of sp³-hybridized carbons (Fsp3) is 0.444. The molecule has 0 saturated carbocycles. The molecule has 8 nitrogen and oxygen atoms in total. The predicted octanol–water partition coefficient (Wildman–Crippen LogP) is 2.83. The maximum absolute atomic E-state index is 13.2. The molecule has 206 valence electrons. The second-order valence-corrected chi connectivity index (χ2v) is 9.38. The molecule has 38 heavy (non-hydrogen) atoms. The number of ether oxygens (including phenoxy) is 2. The number of amides is 1. The van der Waals surface area contributed by atoms with Gasteiger partial charge in [-0.25, -0.2) is 10.9 Å². The van der Waals surface area contributed by atoms with Crippen molar-refractivity contribution in [3.63, 3.8) is 0 Å². The number of benzene rings is 2. The van der Waals surface area contributed by atoms with Gasteiger partial charge in [-0.15, -0.1) is 6.42 Å². The van der Waals surface area contributed by atoms with Crippen molar-refractivity contribution in [1.82, 2.24) is 21.5 Å². The number of hydrogen-bond acceptors (Lipinski definition) is 7. The zero-order valence-electron chi connectivity index (χ0n) is 21.3. The van der Waals surface area contributed by atoms with E-state index in [1.165, 1.54) is 12.1 Å². The van der Waals surface area contributed by atoms with Crippen LogP contribution in [0.5, 0.6) is 11.5 Å². The van der Waals surface area contributed by atoms with Gasteiger partial charge in [0.2, 0.25) is 5.66 Å². The van der Waals surface area contributed by atoms with Crippen LogP contribution in [0.15, 0.2) is 42.5 Å². The van der Waals surface area contributed by atoms with Gasteiger partial charge in [0, 0.05) is 19.6 Å². The van der Waals surface area contributed by atoms with E-state index in [2.05, 4.69) is 41.3 Å². The average molecular weight is 535 g/mol. The number of rotatable bonds is 14. The van der Waals surface area contributed by atoms with Crippen LogP contribution < -0.4 is 31.0 Å². The summed E-state index contributed by atoms with van der Waals surface area (Å²) >= 11 is 0. The van der Waals surface area contributed by atoms with Crippen molar-refractivity contribution in [2.45, 2.75) is 44.8 Å². The average Bonchev–Trinajstić information content (AvgIpc) is 3.69. The number of hydrogen-bond donors (Lipinski definition) is 5. The number of alkyl halides is 3. The van der Waals surface area contributed by atoms with Gasteiger partial charge in [-0.1, -0.05) is 44.0 Å². The van der Waals surface area contributed by atoms with Gasteiger partial charge in [0.15, 0.2) is 0 Å². The van der Waals surface area contributed by atoms with Gasteiger partial charge < -0.3 is 25.2 Å². The second kappa shape index (κ2) is 13.0. The second-order valence-electron chi connectivity index (χ2n) is 9.38. The van der Waals surface area contributed by atoms with Crippen LogP contribution in [0.2, 0.25) is 0 Å². The molecule has 2 aromatic rings. The van der Waals surface area contributed by atoms with E-state index in [1.54, 1.807) is 30.3 Å².